The Morgan fingerprint density at radius 1 is 1.43 bits per heavy atom. The average molecular weight is 308 g/mol. The molecule has 1 aromatic carbocycles. The minimum Gasteiger partial charge on any atom is -0.332 e. The topological polar surface area (TPSA) is 78.0 Å². The van der Waals surface area contributed by atoms with E-state index in [4.69, 9.17) is 11.6 Å². The van der Waals surface area contributed by atoms with E-state index in [-0.39, 0.29) is 18.7 Å². The van der Waals surface area contributed by atoms with Crippen molar-refractivity contribution in [3.05, 3.63) is 63.2 Å². The van der Waals surface area contributed by atoms with Gasteiger partial charge in [0.25, 0.3) is 0 Å². The number of Topliss-reactive ketones (excluding diaryl/α,β-unsaturated/α-hetero) is 1. The van der Waals surface area contributed by atoms with Crippen molar-refractivity contribution in [1.82, 2.24) is 9.55 Å². The van der Waals surface area contributed by atoms with E-state index in [1.807, 2.05) is 0 Å². The Balaban J connectivity index is 2.20. The fourth-order valence-corrected chi connectivity index (χ4v) is 2.28. The molecule has 1 atom stereocenters. The van der Waals surface area contributed by atoms with Crippen LogP contribution in [0.1, 0.15) is 28.5 Å². The van der Waals surface area contributed by atoms with E-state index in [0.29, 0.717) is 10.8 Å². The van der Waals surface area contributed by atoms with Crippen LogP contribution in [0.2, 0.25) is 5.02 Å². The minimum atomic E-state index is -0.499. The molecule has 2 aromatic rings. The molecule has 1 heterocycles. The predicted molar refractivity (Wildman–Crippen MR) is 78.2 cm³/mol. The zero-order valence-electron chi connectivity index (χ0n) is 11.4. The first-order valence-electron chi connectivity index (χ1n) is 6.35. The van der Waals surface area contributed by atoms with Gasteiger partial charge in [-0.3, -0.25) is 14.9 Å². The number of imidazole rings is 1. The summed E-state index contributed by atoms with van der Waals surface area (Å²) in [6.45, 7) is -0.308. The van der Waals surface area contributed by atoms with Crippen molar-refractivity contribution in [1.29, 1.82) is 0 Å². The molecule has 0 fully saturated rings. The second kappa shape index (κ2) is 6.49. The SMILES string of the molecule is Cn1ccnc1C(=O)CC(C[N+](=O)[O-])c1ccc(Cl)cc1. The van der Waals surface area contributed by atoms with Gasteiger partial charge in [0.1, 0.15) is 0 Å². The lowest BCUT2D eigenvalue weighted by atomic mass is 9.93. The Morgan fingerprint density at radius 2 is 2.10 bits per heavy atom. The molecular weight excluding hydrogens is 294 g/mol. The van der Waals surface area contributed by atoms with Crippen molar-refractivity contribution >= 4 is 17.4 Å². The van der Waals surface area contributed by atoms with Crippen LogP contribution in [0.15, 0.2) is 36.7 Å². The summed E-state index contributed by atoms with van der Waals surface area (Å²) >= 11 is 5.82. The highest BCUT2D eigenvalue weighted by Gasteiger charge is 2.23. The van der Waals surface area contributed by atoms with Crippen molar-refractivity contribution in [3.63, 3.8) is 0 Å². The zero-order chi connectivity index (χ0) is 15.4. The van der Waals surface area contributed by atoms with Crippen LogP contribution in [-0.2, 0) is 7.05 Å². The van der Waals surface area contributed by atoms with E-state index in [2.05, 4.69) is 4.98 Å². The lowest BCUT2D eigenvalue weighted by Gasteiger charge is -2.12. The number of halogens is 1. The number of nitrogens with zero attached hydrogens (tertiary/aromatic N) is 3. The van der Waals surface area contributed by atoms with Gasteiger partial charge in [-0.1, -0.05) is 23.7 Å². The van der Waals surface area contributed by atoms with Crippen LogP contribution < -0.4 is 0 Å². The number of carbonyl (C=O) groups excluding carboxylic acids is 1. The number of aromatic nitrogens is 2. The van der Waals surface area contributed by atoms with E-state index >= 15 is 0 Å². The number of rotatable bonds is 6. The normalized spacial score (nSPS) is 12.1. The summed E-state index contributed by atoms with van der Waals surface area (Å²) in [5.74, 6) is -0.414. The van der Waals surface area contributed by atoms with Gasteiger partial charge in [-0.15, -0.1) is 0 Å². The van der Waals surface area contributed by atoms with Crippen molar-refractivity contribution in [2.75, 3.05) is 6.54 Å². The largest absolute Gasteiger partial charge is 0.332 e. The predicted octanol–water partition coefficient (Wildman–Crippen LogP) is 2.71. The second-order valence-electron chi connectivity index (χ2n) is 4.75. The van der Waals surface area contributed by atoms with E-state index in [1.165, 1.54) is 6.20 Å². The summed E-state index contributed by atoms with van der Waals surface area (Å²) in [6.07, 6.45) is 3.23. The molecule has 110 valence electrons. The summed E-state index contributed by atoms with van der Waals surface area (Å²) in [7, 11) is 1.71. The smallest absolute Gasteiger partial charge is 0.211 e. The highest BCUT2D eigenvalue weighted by atomic mass is 35.5. The molecule has 0 saturated carbocycles. The van der Waals surface area contributed by atoms with E-state index < -0.39 is 10.8 Å². The van der Waals surface area contributed by atoms with Crippen LogP contribution in [0.3, 0.4) is 0 Å². The maximum atomic E-state index is 12.2. The highest BCUT2D eigenvalue weighted by molar-refractivity contribution is 6.30. The van der Waals surface area contributed by atoms with Crippen LogP contribution >= 0.6 is 11.6 Å². The Hall–Kier alpha value is -2.21. The van der Waals surface area contributed by atoms with Crippen LogP contribution in [0.4, 0.5) is 0 Å². The van der Waals surface area contributed by atoms with E-state index in [0.717, 1.165) is 5.56 Å². The van der Waals surface area contributed by atoms with Gasteiger partial charge in [0.15, 0.2) is 11.6 Å². The van der Waals surface area contributed by atoms with Gasteiger partial charge in [0, 0.05) is 35.8 Å². The van der Waals surface area contributed by atoms with Crippen molar-refractivity contribution in [2.24, 2.45) is 7.05 Å². The summed E-state index contributed by atoms with van der Waals surface area (Å²) in [5, 5.41) is 11.4. The first-order valence-corrected chi connectivity index (χ1v) is 6.73. The fraction of sp³-hybridized carbons (Fsp3) is 0.286. The number of hydrogen-bond acceptors (Lipinski definition) is 4. The first-order chi connectivity index (χ1) is 9.97. The van der Waals surface area contributed by atoms with Crippen LogP contribution in [-0.4, -0.2) is 26.8 Å². The molecule has 0 radical (unpaired) electrons. The fourth-order valence-electron chi connectivity index (χ4n) is 2.15. The van der Waals surface area contributed by atoms with Gasteiger partial charge in [-0.2, -0.15) is 0 Å². The third-order valence-corrected chi connectivity index (χ3v) is 3.47. The van der Waals surface area contributed by atoms with Crippen LogP contribution in [0.5, 0.6) is 0 Å². The van der Waals surface area contributed by atoms with Gasteiger partial charge in [0.2, 0.25) is 6.54 Å². The maximum Gasteiger partial charge on any atom is 0.211 e. The molecule has 0 aliphatic heterocycles. The molecule has 2 rings (SSSR count). The Morgan fingerprint density at radius 3 is 2.62 bits per heavy atom. The minimum absolute atomic E-state index is 0.0352. The van der Waals surface area contributed by atoms with Gasteiger partial charge < -0.3 is 4.57 Å². The molecule has 0 bridgehead atoms. The van der Waals surface area contributed by atoms with Gasteiger partial charge in [0.05, 0.1) is 5.92 Å². The number of nitro groups is 1. The Labute approximate surface area is 126 Å². The van der Waals surface area contributed by atoms with Crippen molar-refractivity contribution in [3.8, 4) is 0 Å². The van der Waals surface area contributed by atoms with Gasteiger partial charge >= 0.3 is 0 Å². The van der Waals surface area contributed by atoms with Gasteiger partial charge in [-0.05, 0) is 17.7 Å². The number of hydrogen-bond donors (Lipinski definition) is 0. The van der Waals surface area contributed by atoms with E-state index in [9.17, 15) is 14.9 Å². The van der Waals surface area contributed by atoms with Crippen molar-refractivity contribution in [2.45, 2.75) is 12.3 Å². The van der Waals surface area contributed by atoms with E-state index in [1.54, 1.807) is 42.1 Å². The molecule has 6 nitrogen and oxygen atoms in total. The van der Waals surface area contributed by atoms with Crippen LogP contribution in [0, 0.1) is 10.1 Å². The lowest BCUT2D eigenvalue weighted by molar-refractivity contribution is -0.483. The number of aryl methyl sites for hydroxylation is 1. The molecule has 0 spiro atoms. The Bertz CT molecular complexity index is 652. The third kappa shape index (κ3) is 3.88. The zero-order valence-corrected chi connectivity index (χ0v) is 12.2. The summed E-state index contributed by atoms with van der Waals surface area (Å²) in [4.78, 5) is 26.6. The number of benzene rings is 1. The molecular formula is C14H14ClN3O3. The molecule has 0 aliphatic carbocycles. The number of ketones is 1. The van der Waals surface area contributed by atoms with Crippen molar-refractivity contribution < 1.29 is 9.72 Å². The van der Waals surface area contributed by atoms with Gasteiger partial charge in [-0.25, -0.2) is 4.98 Å². The molecule has 0 amide bonds. The molecule has 0 saturated heterocycles. The summed E-state index contributed by atoms with van der Waals surface area (Å²) in [6, 6.07) is 6.74. The molecule has 7 heteroatoms. The number of carbonyl (C=O) groups is 1. The standard InChI is InChI=1S/C14H14ClN3O3/c1-17-7-6-16-14(17)13(19)8-11(9-18(20)21)10-2-4-12(15)5-3-10/h2-7,11H,8-9H2,1H3. The molecule has 0 aliphatic rings. The second-order valence-corrected chi connectivity index (χ2v) is 5.19. The highest BCUT2D eigenvalue weighted by Crippen LogP contribution is 2.23. The lowest BCUT2D eigenvalue weighted by Crippen LogP contribution is -2.18. The monoisotopic (exact) mass is 307 g/mol. The Kier molecular flexibility index (Phi) is 4.70. The molecule has 1 unspecified atom stereocenters. The summed E-state index contributed by atoms with van der Waals surface area (Å²) in [5.41, 5.74) is 0.721. The molecule has 1 aromatic heterocycles. The van der Waals surface area contributed by atoms with Crippen LogP contribution in [0.25, 0.3) is 0 Å². The molecule has 21 heavy (non-hydrogen) atoms. The third-order valence-electron chi connectivity index (χ3n) is 3.21. The maximum absolute atomic E-state index is 12.2. The quantitative estimate of drug-likeness (QED) is 0.467. The summed E-state index contributed by atoms with van der Waals surface area (Å²) < 4.78 is 1.60. The average Bonchev–Trinajstić information content (AvgIpc) is 2.84. The molecule has 0 N–H and O–H groups in total. The first kappa shape index (κ1) is 15.2.